The van der Waals surface area contributed by atoms with Gasteiger partial charge in [-0.05, 0) is 30.3 Å². The van der Waals surface area contributed by atoms with Crippen LogP contribution in [-0.4, -0.2) is 71.5 Å². The summed E-state index contributed by atoms with van der Waals surface area (Å²) in [6.45, 7) is 7.11. The Morgan fingerprint density at radius 2 is 1.96 bits per heavy atom. The summed E-state index contributed by atoms with van der Waals surface area (Å²) in [6.07, 6.45) is 3.57. The Balaban J connectivity index is 0.00000225. The van der Waals surface area contributed by atoms with Gasteiger partial charge in [-0.15, -0.1) is 24.0 Å². The van der Waals surface area contributed by atoms with Crippen molar-refractivity contribution in [2.75, 3.05) is 56.2 Å². The molecule has 9 heteroatoms. The number of aromatic nitrogens is 2. The van der Waals surface area contributed by atoms with Crippen LogP contribution in [0.3, 0.4) is 0 Å². The van der Waals surface area contributed by atoms with Gasteiger partial charge in [-0.25, -0.2) is 4.98 Å². The van der Waals surface area contributed by atoms with Crippen molar-refractivity contribution in [2.24, 2.45) is 10.9 Å². The van der Waals surface area contributed by atoms with Crippen LogP contribution in [0, 0.1) is 5.92 Å². The van der Waals surface area contributed by atoms with Crippen LogP contribution >= 0.6 is 47.3 Å². The van der Waals surface area contributed by atoms with Gasteiger partial charge in [-0.2, -0.15) is 16.1 Å². The second-order valence-electron chi connectivity index (χ2n) is 6.30. The minimum absolute atomic E-state index is 0. The van der Waals surface area contributed by atoms with Gasteiger partial charge >= 0.3 is 0 Å². The molecule has 25 heavy (non-hydrogen) atoms. The summed E-state index contributed by atoms with van der Waals surface area (Å²) in [5.74, 6) is 5.44. The first-order chi connectivity index (χ1) is 11.8. The molecule has 0 aliphatic carbocycles. The summed E-state index contributed by atoms with van der Waals surface area (Å²) < 4.78 is 4.40. The zero-order chi connectivity index (χ0) is 16.8. The van der Waals surface area contributed by atoms with Crippen LogP contribution in [0.1, 0.15) is 25.6 Å². The molecule has 142 valence electrons. The molecule has 0 spiro atoms. The number of hydrogen-bond acceptors (Lipinski definition) is 6. The summed E-state index contributed by atoms with van der Waals surface area (Å²) in [5.41, 5.74) is 0. The summed E-state index contributed by atoms with van der Waals surface area (Å²) in [6, 6.07) is 0. The fraction of sp³-hybridized carbons (Fsp3) is 0.812. The van der Waals surface area contributed by atoms with Gasteiger partial charge in [0.2, 0.25) is 5.13 Å². The van der Waals surface area contributed by atoms with Crippen molar-refractivity contribution in [1.29, 1.82) is 0 Å². The van der Waals surface area contributed by atoms with E-state index in [9.17, 15) is 0 Å². The molecular weight excluding hydrogens is 467 g/mol. The average molecular weight is 496 g/mol. The van der Waals surface area contributed by atoms with Crippen LogP contribution in [0.25, 0.3) is 0 Å². The number of thioether (sulfide) groups is 1. The maximum absolute atomic E-state index is 4.61. The largest absolute Gasteiger partial charge is 0.356 e. The molecule has 3 heterocycles. The van der Waals surface area contributed by atoms with Gasteiger partial charge in [0.25, 0.3) is 0 Å². The molecule has 0 saturated carbocycles. The van der Waals surface area contributed by atoms with Gasteiger partial charge < -0.3 is 15.1 Å². The van der Waals surface area contributed by atoms with Crippen molar-refractivity contribution in [1.82, 2.24) is 19.6 Å². The third kappa shape index (κ3) is 5.85. The summed E-state index contributed by atoms with van der Waals surface area (Å²) in [4.78, 5) is 13.8. The SMILES string of the molecule is CCc1nsc(N2CCN(C(=NC)NCC3CCSCC3)CC2)n1.I. The smallest absolute Gasteiger partial charge is 0.205 e. The predicted octanol–water partition coefficient (Wildman–Crippen LogP) is 2.56. The number of aliphatic imine (C=N–C) groups is 1. The zero-order valence-electron chi connectivity index (χ0n) is 15.1. The van der Waals surface area contributed by atoms with Gasteiger partial charge in [0, 0.05) is 57.7 Å². The van der Waals surface area contributed by atoms with Crippen LogP contribution in [0.4, 0.5) is 5.13 Å². The number of aryl methyl sites for hydroxylation is 1. The first-order valence-electron chi connectivity index (χ1n) is 8.91. The molecule has 3 rings (SSSR count). The lowest BCUT2D eigenvalue weighted by atomic mass is 10.0. The monoisotopic (exact) mass is 496 g/mol. The topological polar surface area (TPSA) is 56.7 Å². The second-order valence-corrected chi connectivity index (χ2v) is 8.26. The maximum Gasteiger partial charge on any atom is 0.205 e. The van der Waals surface area contributed by atoms with Crippen LogP contribution in [0.15, 0.2) is 4.99 Å². The van der Waals surface area contributed by atoms with E-state index in [0.717, 1.165) is 62.0 Å². The molecule has 2 saturated heterocycles. The molecule has 1 N–H and O–H groups in total. The molecule has 0 radical (unpaired) electrons. The molecule has 0 aromatic carbocycles. The fourth-order valence-corrected chi connectivity index (χ4v) is 5.15. The van der Waals surface area contributed by atoms with Crippen LogP contribution in [0.2, 0.25) is 0 Å². The van der Waals surface area contributed by atoms with Crippen LogP contribution in [-0.2, 0) is 6.42 Å². The summed E-state index contributed by atoms with van der Waals surface area (Å²) in [5, 5.41) is 4.66. The quantitative estimate of drug-likeness (QED) is 0.393. The van der Waals surface area contributed by atoms with Crippen molar-refractivity contribution in [3.63, 3.8) is 0 Å². The first kappa shape index (κ1) is 21.0. The molecule has 6 nitrogen and oxygen atoms in total. The highest BCUT2D eigenvalue weighted by molar-refractivity contribution is 14.0. The second kappa shape index (κ2) is 10.8. The number of guanidine groups is 1. The van der Waals surface area contributed by atoms with Gasteiger partial charge in [-0.3, -0.25) is 4.99 Å². The minimum Gasteiger partial charge on any atom is -0.356 e. The number of halogens is 1. The Kier molecular flexibility index (Phi) is 9.05. The number of nitrogens with one attached hydrogen (secondary N) is 1. The average Bonchev–Trinajstić information content (AvgIpc) is 3.13. The lowest BCUT2D eigenvalue weighted by Crippen LogP contribution is -2.53. The Morgan fingerprint density at radius 3 is 2.56 bits per heavy atom. The van der Waals surface area contributed by atoms with E-state index in [1.165, 1.54) is 35.9 Å². The zero-order valence-corrected chi connectivity index (χ0v) is 19.1. The van der Waals surface area contributed by atoms with E-state index >= 15 is 0 Å². The molecule has 2 fully saturated rings. The standard InChI is InChI=1S/C16H28N6S2.HI/c1-3-14-19-16(24-20-14)22-8-6-21(7-9-22)15(17-2)18-12-13-4-10-23-11-5-13;/h13H,3-12H2,1-2H3,(H,17,18);1H. The summed E-state index contributed by atoms with van der Waals surface area (Å²) >= 11 is 3.61. The van der Waals surface area contributed by atoms with Crippen molar-refractivity contribution in [3.05, 3.63) is 5.82 Å². The Bertz CT molecular complexity index is 538. The number of anilines is 1. The number of piperazine rings is 1. The molecule has 2 aliphatic heterocycles. The minimum atomic E-state index is 0. The third-order valence-corrected chi connectivity index (χ3v) is 6.59. The van der Waals surface area contributed by atoms with E-state index in [-0.39, 0.29) is 24.0 Å². The molecule has 1 aromatic heterocycles. The van der Waals surface area contributed by atoms with Crippen molar-refractivity contribution in [3.8, 4) is 0 Å². The number of nitrogens with zero attached hydrogens (tertiary/aromatic N) is 5. The van der Waals surface area contributed by atoms with E-state index < -0.39 is 0 Å². The lowest BCUT2D eigenvalue weighted by Gasteiger charge is -2.36. The van der Waals surface area contributed by atoms with Crippen LogP contribution < -0.4 is 10.2 Å². The van der Waals surface area contributed by atoms with E-state index in [1.54, 1.807) is 0 Å². The predicted molar refractivity (Wildman–Crippen MR) is 120 cm³/mol. The van der Waals surface area contributed by atoms with Gasteiger partial charge in [0.1, 0.15) is 5.82 Å². The van der Waals surface area contributed by atoms with E-state index in [0.29, 0.717) is 0 Å². The molecule has 0 unspecified atom stereocenters. The highest BCUT2D eigenvalue weighted by Crippen LogP contribution is 2.22. The number of rotatable bonds is 4. The maximum atomic E-state index is 4.61. The highest BCUT2D eigenvalue weighted by Gasteiger charge is 2.22. The molecule has 2 aliphatic rings. The number of hydrogen-bond donors (Lipinski definition) is 1. The molecule has 1 aromatic rings. The van der Waals surface area contributed by atoms with Crippen molar-refractivity contribution < 1.29 is 0 Å². The Morgan fingerprint density at radius 1 is 1.24 bits per heavy atom. The van der Waals surface area contributed by atoms with E-state index in [2.05, 4.69) is 48.2 Å². The lowest BCUT2D eigenvalue weighted by molar-refractivity contribution is 0.365. The molecule has 0 amide bonds. The molecule has 0 bridgehead atoms. The third-order valence-electron chi connectivity index (χ3n) is 4.72. The molecule has 0 atom stereocenters. The van der Waals surface area contributed by atoms with Gasteiger partial charge in [-0.1, -0.05) is 6.92 Å². The summed E-state index contributed by atoms with van der Waals surface area (Å²) in [7, 11) is 1.89. The molecular formula is C16H29IN6S2. The van der Waals surface area contributed by atoms with Gasteiger partial charge in [0.15, 0.2) is 5.96 Å². The Hall–Kier alpha value is -0.290. The highest BCUT2D eigenvalue weighted by atomic mass is 127. The van der Waals surface area contributed by atoms with E-state index in [1.807, 2.05) is 7.05 Å². The fourth-order valence-electron chi connectivity index (χ4n) is 3.14. The normalized spacial score (nSPS) is 19.7. The van der Waals surface area contributed by atoms with Gasteiger partial charge in [0.05, 0.1) is 0 Å². The van der Waals surface area contributed by atoms with E-state index in [4.69, 9.17) is 0 Å². The van der Waals surface area contributed by atoms with Crippen molar-refractivity contribution in [2.45, 2.75) is 26.2 Å². The van der Waals surface area contributed by atoms with Crippen molar-refractivity contribution >= 4 is 58.4 Å². The first-order valence-corrected chi connectivity index (χ1v) is 10.8. The Labute approximate surface area is 176 Å². The van der Waals surface area contributed by atoms with Crippen LogP contribution in [0.5, 0.6) is 0 Å².